The molecule has 206 valence electrons. The average Bonchev–Trinajstić information content (AvgIpc) is 3.20. The van der Waals surface area contributed by atoms with E-state index in [-0.39, 0.29) is 5.76 Å². The van der Waals surface area contributed by atoms with Crippen molar-refractivity contribution in [2.75, 3.05) is 5.73 Å². The third-order valence-electron chi connectivity index (χ3n) is 8.47. The van der Waals surface area contributed by atoms with Gasteiger partial charge in [-0.2, -0.15) is 0 Å². The van der Waals surface area contributed by atoms with E-state index in [1.165, 1.54) is 96.0 Å². The van der Waals surface area contributed by atoms with Crippen LogP contribution in [0.1, 0.15) is 129 Å². The smallest absolute Gasteiger partial charge is 0.293 e. The molecule has 1 fully saturated rings. The fourth-order valence-electron chi connectivity index (χ4n) is 6.44. The van der Waals surface area contributed by atoms with Gasteiger partial charge in [-0.3, -0.25) is 14.9 Å². The van der Waals surface area contributed by atoms with Gasteiger partial charge in [0.15, 0.2) is 5.76 Å². The monoisotopic (exact) mass is 510 g/mol. The van der Waals surface area contributed by atoms with Crippen molar-refractivity contribution in [1.29, 1.82) is 0 Å². The van der Waals surface area contributed by atoms with E-state index >= 15 is 0 Å². The minimum Gasteiger partial charge on any atom is -0.477 e. The molecule has 5 heteroatoms. The quantitative estimate of drug-likeness (QED) is 0.127. The maximum Gasteiger partial charge on any atom is 0.293 e. The minimum atomic E-state index is -0.603. The van der Waals surface area contributed by atoms with Crippen molar-refractivity contribution < 1.29 is 14.3 Å². The fraction of sp³-hybridized carbons (Fsp3) is 0.688. The molecule has 0 spiro atoms. The van der Waals surface area contributed by atoms with E-state index in [0.717, 1.165) is 24.8 Å². The summed E-state index contributed by atoms with van der Waals surface area (Å²) in [6.07, 6.45) is 22.6. The van der Waals surface area contributed by atoms with E-state index in [0.29, 0.717) is 17.5 Å². The molecule has 1 heterocycles. The van der Waals surface area contributed by atoms with E-state index in [4.69, 9.17) is 10.5 Å². The first-order valence-electron chi connectivity index (χ1n) is 15.1. The zero-order valence-electron chi connectivity index (χ0n) is 23.4. The Hall–Kier alpha value is -2.30. The third kappa shape index (κ3) is 8.90. The molecular formula is C32H50N2O3. The Balaban J connectivity index is 1.60. The Morgan fingerprint density at radius 1 is 0.919 bits per heavy atom. The van der Waals surface area contributed by atoms with Crippen molar-refractivity contribution in [1.82, 2.24) is 5.32 Å². The predicted octanol–water partition coefficient (Wildman–Crippen LogP) is 7.94. The standard InChI is InChI=1S/C32H50N2O3/c1-3-5-6-7-8-9-10-11-12-13-16-25(15-4-2)26-17-14-22-32(24-26,27-18-20-28(33)21-19-27)37-29-23-30(35)34-31(29)36/h18-21,23,25-26H,3-17,22,24,33H2,1-2H3,(H,34,35,36). The number of nitrogens with two attached hydrogens (primary N) is 1. The van der Waals surface area contributed by atoms with Crippen LogP contribution in [0.4, 0.5) is 5.69 Å². The number of hydrogen-bond acceptors (Lipinski definition) is 4. The number of anilines is 1. The Morgan fingerprint density at radius 3 is 2.16 bits per heavy atom. The van der Waals surface area contributed by atoms with Gasteiger partial charge in [-0.05, 0) is 55.2 Å². The molecule has 3 atom stereocenters. The normalized spacial score (nSPS) is 22.5. The van der Waals surface area contributed by atoms with Crippen molar-refractivity contribution in [3.63, 3.8) is 0 Å². The van der Waals surface area contributed by atoms with Crippen molar-refractivity contribution in [2.24, 2.45) is 11.8 Å². The molecule has 3 unspecified atom stereocenters. The largest absolute Gasteiger partial charge is 0.477 e. The SMILES string of the molecule is CCCCCCCCCCCCC(CCC)C1CCCC(OC2=CC(=O)NC2=O)(c2ccc(N)cc2)C1. The molecule has 2 aliphatic rings. The first kappa shape index (κ1) is 29.3. The summed E-state index contributed by atoms with van der Waals surface area (Å²) in [4.78, 5) is 24.2. The summed E-state index contributed by atoms with van der Waals surface area (Å²) < 4.78 is 6.50. The number of carbonyl (C=O) groups is 2. The highest BCUT2D eigenvalue weighted by Gasteiger charge is 2.44. The molecule has 3 rings (SSSR count). The van der Waals surface area contributed by atoms with Crippen LogP contribution in [-0.2, 0) is 19.9 Å². The number of rotatable bonds is 17. The second-order valence-electron chi connectivity index (χ2n) is 11.4. The maximum absolute atomic E-state index is 12.4. The van der Waals surface area contributed by atoms with Crippen LogP contribution >= 0.6 is 0 Å². The van der Waals surface area contributed by atoms with Crippen molar-refractivity contribution in [3.05, 3.63) is 41.7 Å². The topological polar surface area (TPSA) is 81.4 Å². The zero-order valence-corrected chi connectivity index (χ0v) is 23.4. The number of carbonyl (C=O) groups excluding carboxylic acids is 2. The Kier molecular flexibility index (Phi) is 12.0. The van der Waals surface area contributed by atoms with E-state index in [1.54, 1.807) is 0 Å². The molecule has 0 bridgehead atoms. The molecule has 37 heavy (non-hydrogen) atoms. The minimum absolute atomic E-state index is 0.143. The molecule has 1 aromatic rings. The number of nitrogen functional groups attached to an aromatic ring is 1. The molecule has 1 aliphatic carbocycles. The summed E-state index contributed by atoms with van der Waals surface area (Å²) in [7, 11) is 0. The Bertz CT molecular complexity index is 879. The first-order chi connectivity index (χ1) is 18.0. The van der Waals surface area contributed by atoms with Gasteiger partial charge in [0.05, 0.1) is 6.08 Å². The fourth-order valence-corrected chi connectivity index (χ4v) is 6.44. The van der Waals surface area contributed by atoms with Crippen LogP contribution in [0.15, 0.2) is 36.1 Å². The molecule has 0 saturated heterocycles. The number of nitrogens with one attached hydrogen (secondary N) is 1. The van der Waals surface area contributed by atoms with Crippen molar-refractivity contribution in [2.45, 2.75) is 129 Å². The third-order valence-corrected chi connectivity index (χ3v) is 8.47. The van der Waals surface area contributed by atoms with Crippen LogP contribution in [-0.4, -0.2) is 11.8 Å². The lowest BCUT2D eigenvalue weighted by Gasteiger charge is -2.44. The van der Waals surface area contributed by atoms with Gasteiger partial charge >= 0.3 is 0 Å². The second kappa shape index (κ2) is 15.2. The van der Waals surface area contributed by atoms with E-state index < -0.39 is 17.4 Å². The number of ether oxygens (including phenoxy) is 1. The van der Waals surface area contributed by atoms with Crippen LogP contribution in [0.5, 0.6) is 0 Å². The van der Waals surface area contributed by atoms with Gasteiger partial charge in [-0.1, -0.05) is 109 Å². The number of hydrogen-bond donors (Lipinski definition) is 2. The summed E-state index contributed by atoms with van der Waals surface area (Å²) in [5, 5.41) is 2.33. The number of amides is 2. The van der Waals surface area contributed by atoms with E-state index in [1.807, 2.05) is 24.3 Å². The lowest BCUT2D eigenvalue weighted by Crippen LogP contribution is -2.39. The van der Waals surface area contributed by atoms with Crippen LogP contribution < -0.4 is 11.1 Å². The number of imide groups is 1. The second-order valence-corrected chi connectivity index (χ2v) is 11.4. The summed E-state index contributed by atoms with van der Waals surface area (Å²) in [6, 6.07) is 7.88. The predicted molar refractivity (Wildman–Crippen MR) is 152 cm³/mol. The average molecular weight is 511 g/mol. The molecule has 1 saturated carbocycles. The first-order valence-corrected chi connectivity index (χ1v) is 15.1. The molecular weight excluding hydrogens is 460 g/mol. The molecule has 1 aliphatic heterocycles. The molecule has 3 N–H and O–H groups in total. The molecule has 2 amide bonds. The summed E-state index contributed by atoms with van der Waals surface area (Å²) in [6.45, 7) is 4.56. The highest BCUT2D eigenvalue weighted by molar-refractivity contribution is 6.15. The van der Waals surface area contributed by atoms with Crippen LogP contribution in [0.2, 0.25) is 0 Å². The van der Waals surface area contributed by atoms with E-state index in [2.05, 4.69) is 19.2 Å². The number of unbranched alkanes of at least 4 members (excludes halogenated alkanes) is 9. The van der Waals surface area contributed by atoms with Gasteiger partial charge in [0, 0.05) is 5.69 Å². The number of benzene rings is 1. The van der Waals surface area contributed by atoms with Gasteiger partial charge in [0.1, 0.15) is 5.60 Å². The van der Waals surface area contributed by atoms with Crippen LogP contribution in [0.3, 0.4) is 0 Å². The lowest BCUT2D eigenvalue weighted by atomic mass is 9.68. The van der Waals surface area contributed by atoms with Gasteiger partial charge < -0.3 is 10.5 Å². The highest BCUT2D eigenvalue weighted by atomic mass is 16.5. The van der Waals surface area contributed by atoms with Crippen molar-refractivity contribution >= 4 is 17.5 Å². The summed E-state index contributed by atoms with van der Waals surface area (Å²) in [5.74, 6) is 0.529. The molecule has 5 nitrogen and oxygen atoms in total. The lowest BCUT2D eigenvalue weighted by molar-refractivity contribution is -0.129. The maximum atomic E-state index is 12.4. The summed E-state index contributed by atoms with van der Waals surface area (Å²) >= 11 is 0. The van der Waals surface area contributed by atoms with E-state index in [9.17, 15) is 9.59 Å². The van der Waals surface area contributed by atoms with Gasteiger partial charge in [0.25, 0.3) is 11.8 Å². The highest BCUT2D eigenvalue weighted by Crippen LogP contribution is 2.48. The van der Waals surface area contributed by atoms with Crippen LogP contribution in [0.25, 0.3) is 0 Å². The molecule has 0 aromatic heterocycles. The van der Waals surface area contributed by atoms with Gasteiger partial charge in [0.2, 0.25) is 0 Å². The summed E-state index contributed by atoms with van der Waals surface area (Å²) in [5.41, 5.74) is 7.14. The zero-order chi connectivity index (χ0) is 26.5. The molecule has 0 radical (unpaired) electrons. The Morgan fingerprint density at radius 2 is 1.57 bits per heavy atom. The molecule has 1 aromatic carbocycles. The van der Waals surface area contributed by atoms with Gasteiger partial charge in [-0.25, -0.2) is 0 Å². The Labute approximate surface area is 225 Å². The van der Waals surface area contributed by atoms with Gasteiger partial charge in [-0.15, -0.1) is 0 Å². The van der Waals surface area contributed by atoms with Crippen molar-refractivity contribution in [3.8, 4) is 0 Å². The van der Waals surface area contributed by atoms with Crippen LogP contribution in [0, 0.1) is 11.8 Å².